The van der Waals surface area contributed by atoms with E-state index < -0.39 is 17.6 Å². The molecule has 5 atom stereocenters. The molecule has 4 saturated heterocycles. The Balaban J connectivity index is 0.000000220. The van der Waals surface area contributed by atoms with Gasteiger partial charge in [0.15, 0.2) is 0 Å². The third kappa shape index (κ3) is 7.60. The molecule has 0 amide bonds. The van der Waals surface area contributed by atoms with Crippen LogP contribution < -0.4 is 11.5 Å². The molecule has 4 rings (SSSR count). The molecule has 5 unspecified atom stereocenters. The minimum atomic E-state index is -2.31. The minimum absolute atomic E-state index is 0. The van der Waals surface area contributed by atoms with E-state index in [2.05, 4.69) is 31.4 Å². The van der Waals surface area contributed by atoms with E-state index >= 15 is 0 Å². The molecule has 4 N–H and O–H groups in total. The van der Waals surface area contributed by atoms with E-state index in [4.69, 9.17) is 38.0 Å². The minimum Gasteiger partial charge on any atom is -0.661 e. The van der Waals surface area contributed by atoms with Crippen LogP contribution in [0.15, 0.2) is 0 Å². The van der Waals surface area contributed by atoms with Crippen molar-refractivity contribution in [2.75, 3.05) is 45.9 Å². The van der Waals surface area contributed by atoms with Gasteiger partial charge in [0.25, 0.3) is 0 Å². The molecular weight excluding hydrogens is 543 g/mol. The third-order valence-electron chi connectivity index (χ3n) is 5.83. The van der Waals surface area contributed by atoms with Crippen molar-refractivity contribution in [3.05, 3.63) is 10.6 Å². The molecule has 13 heteroatoms. The van der Waals surface area contributed by atoms with Crippen molar-refractivity contribution in [2.24, 2.45) is 11.5 Å². The van der Waals surface area contributed by atoms with Crippen LogP contribution in [-0.4, -0.2) is 94.0 Å². The number of hydrogen-bond acceptors (Lipinski definition) is 8. The Kier molecular flexibility index (Phi) is 12.4. The Labute approximate surface area is 208 Å². The van der Waals surface area contributed by atoms with Crippen LogP contribution in [0.2, 0.25) is 12.1 Å². The van der Waals surface area contributed by atoms with Crippen LogP contribution in [-0.2, 0) is 47.0 Å². The van der Waals surface area contributed by atoms with Crippen LogP contribution in [0.25, 0.3) is 10.6 Å². The molecule has 0 saturated carbocycles. The van der Waals surface area contributed by atoms with Gasteiger partial charge < -0.3 is 48.7 Å². The van der Waals surface area contributed by atoms with Gasteiger partial charge >= 0.3 is 38.0 Å². The number of nitrogens with zero attached hydrogens (tertiary/aromatic N) is 2. The van der Waals surface area contributed by atoms with Crippen molar-refractivity contribution < 1.29 is 47.0 Å². The maximum atomic E-state index is 5.92. The fourth-order valence-electron chi connectivity index (χ4n) is 4.31. The van der Waals surface area contributed by atoms with Crippen molar-refractivity contribution in [2.45, 2.75) is 76.2 Å². The Morgan fingerprint density at radius 2 is 1.25 bits per heavy atom. The van der Waals surface area contributed by atoms with Crippen LogP contribution in [0.3, 0.4) is 0 Å². The second-order valence-electron chi connectivity index (χ2n) is 8.51. The van der Waals surface area contributed by atoms with Gasteiger partial charge in [0.1, 0.15) is 0 Å². The van der Waals surface area contributed by atoms with Crippen molar-refractivity contribution in [1.29, 1.82) is 0 Å². The van der Waals surface area contributed by atoms with Crippen LogP contribution in [0.4, 0.5) is 0 Å². The van der Waals surface area contributed by atoms with E-state index in [0.717, 1.165) is 51.1 Å². The summed E-state index contributed by atoms with van der Waals surface area (Å²) >= 11 is 0. The quantitative estimate of drug-likeness (QED) is 0.260. The van der Waals surface area contributed by atoms with Crippen molar-refractivity contribution >= 4 is 17.6 Å². The Hall–Kier alpha value is 0.696. The molecule has 10 nitrogen and oxygen atoms in total. The molecule has 32 heavy (non-hydrogen) atoms. The van der Waals surface area contributed by atoms with E-state index in [1.54, 1.807) is 0 Å². The summed E-state index contributed by atoms with van der Waals surface area (Å²) in [5, 5.41) is 8.58. The number of hydrogen-bond donors (Lipinski definition) is 2. The predicted molar refractivity (Wildman–Crippen MR) is 122 cm³/mol. The second-order valence-corrected chi connectivity index (χ2v) is 13.7. The van der Waals surface area contributed by atoms with Crippen LogP contribution in [0.5, 0.6) is 0 Å². The predicted octanol–water partition coefficient (Wildman–Crippen LogP) is 1.35. The molecule has 0 aliphatic carbocycles. The summed E-state index contributed by atoms with van der Waals surface area (Å²) in [7, 11) is -4.56. The van der Waals surface area contributed by atoms with Crippen molar-refractivity contribution in [1.82, 2.24) is 0 Å². The maximum Gasteiger partial charge on any atom is 2.00 e. The molecule has 4 aliphatic heterocycles. The monoisotopic (exact) mass is 582 g/mol. The topological polar surface area (TPSA) is 136 Å². The molecule has 4 heterocycles. The summed E-state index contributed by atoms with van der Waals surface area (Å²) in [6.07, 6.45) is 2.87. The fraction of sp³-hybridized carbons (Fsp3) is 1.00. The Bertz CT molecular complexity index is 544. The Morgan fingerprint density at radius 1 is 0.719 bits per heavy atom. The third-order valence-corrected chi connectivity index (χ3v) is 11.9. The first-order chi connectivity index (χ1) is 14.9. The molecule has 0 spiro atoms. The van der Waals surface area contributed by atoms with Crippen molar-refractivity contribution in [3.63, 3.8) is 0 Å². The average Bonchev–Trinajstić information content (AvgIpc) is 3.46. The summed E-state index contributed by atoms with van der Waals surface area (Å²) in [5.74, 6) is 0. The van der Waals surface area contributed by atoms with Gasteiger partial charge in [-0.3, -0.25) is 0 Å². The van der Waals surface area contributed by atoms with Crippen molar-refractivity contribution in [3.8, 4) is 0 Å². The molecular formula is C19H40N4O6PdSi2. The van der Waals surface area contributed by atoms with E-state index in [1.165, 1.54) is 0 Å². The first-order valence-corrected chi connectivity index (χ1v) is 15.5. The van der Waals surface area contributed by atoms with E-state index in [9.17, 15) is 0 Å². The fourth-order valence-corrected chi connectivity index (χ4v) is 10.6. The van der Waals surface area contributed by atoms with Crippen LogP contribution in [0, 0.1) is 0 Å². The van der Waals surface area contributed by atoms with Gasteiger partial charge in [-0.25, -0.2) is 0 Å². The standard InChI is InChI=1S/C10H21N2O3Si.C9H19N2O3Si.Pd/c1-8-10-9(2)14-16(13-8,15-10)7-3-5-12-6-4-11;1-8-9-7-12-15(13-8,14-9)6-2-4-11-5-3-10;/h8-10H,3-7,11H2,1-2H3;8-9H,2-7,10H2,1H3;/q2*-1;+2. The van der Waals surface area contributed by atoms with Gasteiger partial charge in [-0.2, -0.15) is 0 Å². The van der Waals surface area contributed by atoms with E-state index in [1.807, 2.05) is 0 Å². The summed E-state index contributed by atoms with van der Waals surface area (Å²) in [4.78, 5) is 0. The van der Waals surface area contributed by atoms with Gasteiger partial charge in [-0.15, -0.1) is 26.2 Å². The Morgan fingerprint density at radius 3 is 1.69 bits per heavy atom. The summed E-state index contributed by atoms with van der Waals surface area (Å²) in [5.41, 5.74) is 10.7. The van der Waals surface area contributed by atoms with E-state index in [-0.39, 0.29) is 50.9 Å². The first kappa shape index (κ1) is 28.9. The average molecular weight is 583 g/mol. The second kappa shape index (κ2) is 13.7. The zero-order valence-corrected chi connectivity index (χ0v) is 23.0. The van der Waals surface area contributed by atoms with Gasteiger partial charge in [-0.1, -0.05) is 12.8 Å². The zero-order valence-electron chi connectivity index (χ0n) is 19.5. The molecule has 0 aromatic heterocycles. The van der Waals surface area contributed by atoms with Gasteiger partial charge in [-0.05, 0) is 33.9 Å². The van der Waals surface area contributed by atoms with Crippen LogP contribution in [0.1, 0.15) is 33.6 Å². The summed E-state index contributed by atoms with van der Waals surface area (Å²) in [6.45, 7) is 11.3. The molecule has 4 aliphatic rings. The number of rotatable bonds is 12. The van der Waals surface area contributed by atoms with Gasteiger partial charge in [0.2, 0.25) is 0 Å². The largest absolute Gasteiger partial charge is 2.00 e. The van der Waals surface area contributed by atoms with Gasteiger partial charge in [0.05, 0.1) is 37.1 Å². The molecule has 0 aromatic rings. The van der Waals surface area contributed by atoms with E-state index in [0.29, 0.717) is 19.7 Å². The molecule has 4 bridgehead atoms. The first-order valence-electron chi connectivity index (χ1n) is 11.6. The number of nitrogens with two attached hydrogens (primary N) is 2. The van der Waals surface area contributed by atoms with Crippen LogP contribution >= 0.6 is 0 Å². The SMILES string of the molecule is CC1O[Si]2(CCC[N-]CCN)OC(C)C1O2.CC1O[Si]2(CCC[N-]CCN)OCC1O2.[Pd+2]. The normalized spacial score (nSPS) is 39.1. The molecule has 190 valence electrons. The molecule has 0 radical (unpaired) electrons. The van der Waals surface area contributed by atoms with Gasteiger partial charge in [0, 0.05) is 12.1 Å². The summed E-state index contributed by atoms with van der Waals surface area (Å²) < 4.78 is 34.9. The molecule has 0 aromatic carbocycles. The summed E-state index contributed by atoms with van der Waals surface area (Å²) in [6, 6.07) is 1.77. The maximum absolute atomic E-state index is 5.92. The number of fused-ring (bicyclic) bond motifs is 4. The molecule has 4 fully saturated rings. The zero-order chi connectivity index (χ0) is 22.3. The smallest absolute Gasteiger partial charge is 0.661 e.